The third kappa shape index (κ3) is 8.25. The Bertz CT molecular complexity index is 811. The molecular weight excluding hydrogens is 412 g/mol. The van der Waals surface area contributed by atoms with Gasteiger partial charge in [-0.05, 0) is 56.0 Å². The monoisotopic (exact) mass is 444 g/mol. The van der Waals surface area contributed by atoms with E-state index in [4.69, 9.17) is 16.3 Å². The summed E-state index contributed by atoms with van der Waals surface area (Å²) in [5.41, 5.74) is 1.00. The van der Waals surface area contributed by atoms with Gasteiger partial charge in [0.2, 0.25) is 11.8 Å². The van der Waals surface area contributed by atoms with E-state index >= 15 is 0 Å². The van der Waals surface area contributed by atoms with E-state index in [-0.39, 0.29) is 17.9 Å². The SMILES string of the molecule is CC[C@H](C)NC(=O)[C@H](CC)N(Cc1ccccc1)C(=O)CCCOc1ccc(Cl)cc1. The lowest BCUT2D eigenvalue weighted by molar-refractivity contribution is -0.141. The van der Waals surface area contributed by atoms with Crippen molar-refractivity contribution in [3.8, 4) is 5.75 Å². The fourth-order valence-electron chi connectivity index (χ4n) is 3.23. The van der Waals surface area contributed by atoms with Crippen molar-refractivity contribution in [2.75, 3.05) is 6.61 Å². The van der Waals surface area contributed by atoms with E-state index in [1.165, 1.54) is 0 Å². The molecule has 0 heterocycles. The molecule has 0 fully saturated rings. The number of halogens is 1. The molecule has 0 aliphatic carbocycles. The van der Waals surface area contributed by atoms with E-state index in [1.54, 1.807) is 29.2 Å². The van der Waals surface area contributed by atoms with Crippen molar-refractivity contribution in [1.82, 2.24) is 10.2 Å². The number of nitrogens with one attached hydrogen (secondary N) is 1. The summed E-state index contributed by atoms with van der Waals surface area (Å²) < 4.78 is 5.70. The Morgan fingerprint density at radius 3 is 2.32 bits per heavy atom. The van der Waals surface area contributed by atoms with Crippen LogP contribution in [-0.2, 0) is 16.1 Å². The van der Waals surface area contributed by atoms with Crippen molar-refractivity contribution >= 4 is 23.4 Å². The molecule has 0 saturated heterocycles. The molecule has 168 valence electrons. The highest BCUT2D eigenvalue weighted by Crippen LogP contribution is 2.17. The van der Waals surface area contributed by atoms with E-state index in [0.717, 1.165) is 17.7 Å². The van der Waals surface area contributed by atoms with Gasteiger partial charge >= 0.3 is 0 Å². The minimum atomic E-state index is -0.501. The van der Waals surface area contributed by atoms with Crippen LogP contribution < -0.4 is 10.1 Å². The number of carbonyl (C=O) groups is 2. The van der Waals surface area contributed by atoms with Crippen molar-refractivity contribution in [1.29, 1.82) is 0 Å². The molecule has 0 aliphatic rings. The molecule has 5 nitrogen and oxygen atoms in total. The summed E-state index contributed by atoms with van der Waals surface area (Å²) in [6.07, 6.45) is 2.28. The van der Waals surface area contributed by atoms with Gasteiger partial charge in [-0.1, -0.05) is 55.8 Å². The Morgan fingerprint density at radius 1 is 1.03 bits per heavy atom. The number of nitrogens with zero attached hydrogens (tertiary/aromatic N) is 1. The molecule has 2 rings (SSSR count). The molecule has 1 N–H and O–H groups in total. The minimum Gasteiger partial charge on any atom is -0.494 e. The van der Waals surface area contributed by atoms with Gasteiger partial charge in [0.1, 0.15) is 11.8 Å². The highest BCUT2D eigenvalue weighted by atomic mass is 35.5. The summed E-state index contributed by atoms with van der Waals surface area (Å²) in [5.74, 6) is 0.575. The second-order valence-corrected chi connectivity index (χ2v) is 8.09. The maximum absolute atomic E-state index is 13.1. The maximum atomic E-state index is 13.1. The summed E-state index contributed by atoms with van der Waals surface area (Å²) in [6, 6.07) is 16.5. The van der Waals surface area contributed by atoms with Crippen LogP contribution in [0.5, 0.6) is 5.75 Å². The quantitative estimate of drug-likeness (QED) is 0.456. The summed E-state index contributed by atoms with van der Waals surface area (Å²) >= 11 is 5.89. The van der Waals surface area contributed by atoms with Crippen LogP contribution >= 0.6 is 11.6 Å². The van der Waals surface area contributed by atoms with Crippen molar-refractivity contribution in [2.24, 2.45) is 0 Å². The van der Waals surface area contributed by atoms with Crippen LogP contribution in [0.25, 0.3) is 0 Å². The Labute approximate surface area is 190 Å². The average molecular weight is 445 g/mol. The van der Waals surface area contributed by atoms with E-state index < -0.39 is 6.04 Å². The Kier molecular flexibility index (Phi) is 10.4. The van der Waals surface area contributed by atoms with Gasteiger partial charge in [0, 0.05) is 24.0 Å². The molecule has 2 aromatic carbocycles. The largest absolute Gasteiger partial charge is 0.494 e. The number of hydrogen-bond acceptors (Lipinski definition) is 3. The molecular formula is C25H33ClN2O3. The zero-order chi connectivity index (χ0) is 22.6. The predicted octanol–water partition coefficient (Wildman–Crippen LogP) is 5.22. The van der Waals surface area contributed by atoms with Gasteiger partial charge in [0.15, 0.2) is 0 Å². The van der Waals surface area contributed by atoms with E-state index in [0.29, 0.717) is 37.4 Å². The van der Waals surface area contributed by atoms with Gasteiger partial charge in [0.25, 0.3) is 0 Å². The first kappa shape index (κ1) is 24.7. The summed E-state index contributed by atoms with van der Waals surface area (Å²) in [6.45, 7) is 6.77. The predicted molar refractivity (Wildman–Crippen MR) is 125 cm³/mol. The molecule has 0 spiro atoms. The molecule has 31 heavy (non-hydrogen) atoms. The van der Waals surface area contributed by atoms with Crippen molar-refractivity contribution in [2.45, 2.75) is 65.1 Å². The Morgan fingerprint density at radius 2 is 1.71 bits per heavy atom. The van der Waals surface area contributed by atoms with E-state index in [9.17, 15) is 9.59 Å². The van der Waals surface area contributed by atoms with E-state index in [1.807, 2.05) is 51.1 Å². The van der Waals surface area contributed by atoms with Gasteiger partial charge in [-0.3, -0.25) is 9.59 Å². The lowest BCUT2D eigenvalue weighted by atomic mass is 10.1. The van der Waals surface area contributed by atoms with Crippen LogP contribution in [0.4, 0.5) is 0 Å². The summed E-state index contributed by atoms with van der Waals surface area (Å²) in [5, 5.41) is 3.68. The highest BCUT2D eigenvalue weighted by molar-refractivity contribution is 6.30. The summed E-state index contributed by atoms with van der Waals surface area (Å²) in [4.78, 5) is 27.7. The van der Waals surface area contributed by atoms with Gasteiger partial charge < -0.3 is 15.0 Å². The third-order valence-electron chi connectivity index (χ3n) is 5.20. The van der Waals surface area contributed by atoms with Gasteiger partial charge in [-0.25, -0.2) is 0 Å². The zero-order valence-corrected chi connectivity index (χ0v) is 19.4. The van der Waals surface area contributed by atoms with Crippen molar-refractivity contribution < 1.29 is 14.3 Å². The fourth-order valence-corrected chi connectivity index (χ4v) is 3.35. The summed E-state index contributed by atoms with van der Waals surface area (Å²) in [7, 11) is 0. The fraction of sp³-hybridized carbons (Fsp3) is 0.440. The minimum absolute atomic E-state index is 0.0466. The average Bonchev–Trinajstić information content (AvgIpc) is 2.78. The van der Waals surface area contributed by atoms with Gasteiger partial charge in [0.05, 0.1) is 6.61 Å². The molecule has 0 radical (unpaired) electrons. The first-order valence-corrected chi connectivity index (χ1v) is 11.3. The molecule has 0 aliphatic heterocycles. The molecule has 0 aromatic heterocycles. The van der Waals surface area contributed by atoms with E-state index in [2.05, 4.69) is 5.32 Å². The Hall–Kier alpha value is -2.53. The Balaban J connectivity index is 2.02. The third-order valence-corrected chi connectivity index (χ3v) is 5.45. The first-order valence-electron chi connectivity index (χ1n) is 11.0. The standard InChI is InChI=1S/C25H33ClN2O3/c1-4-19(3)27-25(30)23(5-2)28(18-20-10-7-6-8-11-20)24(29)12-9-17-31-22-15-13-21(26)14-16-22/h6-8,10-11,13-16,19,23H,4-5,9,12,17-18H2,1-3H3,(H,27,30)/t19-,23-/m0/s1. The lowest BCUT2D eigenvalue weighted by Crippen LogP contribution is -2.50. The second kappa shape index (κ2) is 13.0. The molecule has 2 amide bonds. The van der Waals surface area contributed by atoms with Gasteiger partial charge in [-0.2, -0.15) is 0 Å². The van der Waals surface area contributed by atoms with Crippen LogP contribution in [0.2, 0.25) is 5.02 Å². The molecule has 0 bridgehead atoms. The number of hydrogen-bond donors (Lipinski definition) is 1. The smallest absolute Gasteiger partial charge is 0.243 e. The molecule has 2 aromatic rings. The topological polar surface area (TPSA) is 58.6 Å². The van der Waals surface area contributed by atoms with Crippen LogP contribution in [0.15, 0.2) is 54.6 Å². The van der Waals surface area contributed by atoms with Crippen LogP contribution in [0, 0.1) is 0 Å². The number of benzene rings is 2. The lowest BCUT2D eigenvalue weighted by Gasteiger charge is -2.31. The van der Waals surface area contributed by atoms with Gasteiger partial charge in [-0.15, -0.1) is 0 Å². The first-order chi connectivity index (χ1) is 14.9. The zero-order valence-electron chi connectivity index (χ0n) is 18.6. The highest BCUT2D eigenvalue weighted by Gasteiger charge is 2.28. The number of carbonyl (C=O) groups excluding carboxylic acids is 2. The second-order valence-electron chi connectivity index (χ2n) is 7.66. The molecule has 6 heteroatoms. The number of rotatable bonds is 12. The van der Waals surface area contributed by atoms with Crippen molar-refractivity contribution in [3.63, 3.8) is 0 Å². The molecule has 2 atom stereocenters. The maximum Gasteiger partial charge on any atom is 0.243 e. The molecule has 0 saturated carbocycles. The van der Waals surface area contributed by atoms with Crippen molar-refractivity contribution in [3.05, 3.63) is 65.2 Å². The van der Waals surface area contributed by atoms with Crippen LogP contribution in [0.3, 0.4) is 0 Å². The van der Waals surface area contributed by atoms with Crippen LogP contribution in [0.1, 0.15) is 52.0 Å². The number of ether oxygens (including phenoxy) is 1. The van der Waals surface area contributed by atoms with Crippen LogP contribution in [-0.4, -0.2) is 35.4 Å². The normalized spacial score (nSPS) is 12.6. The molecule has 0 unspecified atom stereocenters. The number of amides is 2.